The molecule has 0 aliphatic heterocycles. The maximum absolute atomic E-state index is 12.4. The Bertz CT molecular complexity index is 450. The molecule has 0 spiro atoms. The van der Waals surface area contributed by atoms with E-state index in [0.29, 0.717) is 29.9 Å². The van der Waals surface area contributed by atoms with E-state index in [4.69, 9.17) is 10.5 Å². The molecule has 5 heteroatoms. The minimum absolute atomic E-state index is 0.0151. The molecule has 2 rings (SSSR count). The van der Waals surface area contributed by atoms with E-state index in [1.165, 1.54) is 0 Å². The van der Waals surface area contributed by atoms with Crippen LogP contribution in [0.25, 0.3) is 0 Å². The molecular formula is C14H23N3O2. The van der Waals surface area contributed by atoms with Gasteiger partial charge in [-0.2, -0.15) is 0 Å². The average molecular weight is 265 g/mol. The fraction of sp³-hybridized carbons (Fsp3) is 0.643. The molecule has 19 heavy (non-hydrogen) atoms. The molecule has 0 radical (unpaired) electrons. The number of hydrogen-bond acceptors (Lipinski definition) is 3. The smallest absolute Gasteiger partial charge is 0.268 e. The molecule has 1 heterocycles. The van der Waals surface area contributed by atoms with Crippen LogP contribution in [0, 0.1) is 5.92 Å². The first-order chi connectivity index (χ1) is 9.02. The third-order valence-corrected chi connectivity index (χ3v) is 3.51. The second kappa shape index (κ2) is 5.65. The van der Waals surface area contributed by atoms with Gasteiger partial charge in [-0.3, -0.25) is 4.79 Å². The fourth-order valence-corrected chi connectivity index (χ4v) is 2.16. The van der Waals surface area contributed by atoms with Crippen LogP contribution in [0.4, 0.5) is 5.69 Å². The van der Waals surface area contributed by atoms with Gasteiger partial charge in [0.05, 0.1) is 18.3 Å². The first-order valence-electron chi connectivity index (χ1n) is 6.80. The molecule has 1 aliphatic rings. The SMILES string of the molecule is COCC(NC(=O)c1cc(N)cn1C1CC1)C(C)C. The monoisotopic (exact) mass is 265 g/mol. The number of amides is 1. The summed E-state index contributed by atoms with van der Waals surface area (Å²) in [5.41, 5.74) is 7.10. The van der Waals surface area contributed by atoms with Crippen LogP contribution in [-0.4, -0.2) is 30.2 Å². The van der Waals surface area contributed by atoms with Crippen LogP contribution >= 0.6 is 0 Å². The van der Waals surface area contributed by atoms with E-state index in [0.717, 1.165) is 12.8 Å². The van der Waals surface area contributed by atoms with Crippen LogP contribution in [-0.2, 0) is 4.74 Å². The quantitative estimate of drug-likeness (QED) is 0.824. The van der Waals surface area contributed by atoms with E-state index in [-0.39, 0.29) is 11.9 Å². The number of carbonyl (C=O) groups excluding carboxylic acids is 1. The Balaban J connectivity index is 2.10. The van der Waals surface area contributed by atoms with E-state index in [1.54, 1.807) is 13.2 Å². The summed E-state index contributed by atoms with van der Waals surface area (Å²) in [6.45, 7) is 4.65. The number of nitrogen functional groups attached to an aromatic ring is 1. The zero-order valence-corrected chi connectivity index (χ0v) is 11.8. The number of nitrogens with two attached hydrogens (primary N) is 1. The Morgan fingerprint density at radius 2 is 2.26 bits per heavy atom. The van der Waals surface area contributed by atoms with Crippen molar-refractivity contribution in [3.05, 3.63) is 18.0 Å². The molecule has 5 nitrogen and oxygen atoms in total. The summed E-state index contributed by atoms with van der Waals surface area (Å²) >= 11 is 0. The summed E-state index contributed by atoms with van der Waals surface area (Å²) in [5.74, 6) is 0.255. The van der Waals surface area contributed by atoms with Crippen molar-refractivity contribution in [1.82, 2.24) is 9.88 Å². The number of ether oxygens (including phenoxy) is 1. The lowest BCUT2D eigenvalue weighted by Crippen LogP contribution is -2.42. The average Bonchev–Trinajstić information content (AvgIpc) is 3.11. The van der Waals surface area contributed by atoms with E-state index < -0.39 is 0 Å². The first kappa shape index (κ1) is 13.9. The highest BCUT2D eigenvalue weighted by Crippen LogP contribution is 2.37. The maximum Gasteiger partial charge on any atom is 0.268 e. The summed E-state index contributed by atoms with van der Waals surface area (Å²) in [4.78, 5) is 12.4. The van der Waals surface area contributed by atoms with Crippen molar-refractivity contribution in [3.8, 4) is 0 Å². The molecule has 1 saturated carbocycles. The van der Waals surface area contributed by atoms with Gasteiger partial charge in [0.1, 0.15) is 5.69 Å². The molecule has 1 amide bonds. The second-order valence-electron chi connectivity index (χ2n) is 5.58. The summed E-state index contributed by atoms with van der Waals surface area (Å²) in [6, 6.07) is 2.21. The molecule has 0 saturated heterocycles. The van der Waals surface area contributed by atoms with Crippen LogP contribution in [0.1, 0.15) is 43.2 Å². The predicted octanol–water partition coefficient (Wildman–Crippen LogP) is 1.81. The van der Waals surface area contributed by atoms with Crippen molar-refractivity contribution in [1.29, 1.82) is 0 Å². The Morgan fingerprint density at radius 1 is 1.58 bits per heavy atom. The standard InChI is InChI=1S/C14H23N3O2/c1-9(2)12(8-19-3)16-14(18)13-6-10(15)7-17(13)11-4-5-11/h6-7,9,11-12H,4-5,8,15H2,1-3H3,(H,16,18). The van der Waals surface area contributed by atoms with Crippen molar-refractivity contribution >= 4 is 11.6 Å². The van der Waals surface area contributed by atoms with Crippen LogP contribution < -0.4 is 11.1 Å². The highest BCUT2D eigenvalue weighted by molar-refractivity contribution is 5.94. The predicted molar refractivity (Wildman–Crippen MR) is 75.1 cm³/mol. The van der Waals surface area contributed by atoms with Crippen molar-refractivity contribution in [2.45, 2.75) is 38.8 Å². The topological polar surface area (TPSA) is 69.3 Å². The lowest BCUT2D eigenvalue weighted by molar-refractivity contribution is 0.0857. The number of carbonyl (C=O) groups is 1. The molecular weight excluding hydrogens is 242 g/mol. The largest absolute Gasteiger partial charge is 0.397 e. The summed E-state index contributed by atoms with van der Waals surface area (Å²) in [5, 5.41) is 3.03. The molecule has 0 bridgehead atoms. The zero-order chi connectivity index (χ0) is 14.0. The number of aromatic nitrogens is 1. The third kappa shape index (κ3) is 3.29. The van der Waals surface area contributed by atoms with Gasteiger partial charge in [-0.15, -0.1) is 0 Å². The molecule has 1 aromatic rings. The van der Waals surface area contributed by atoms with Gasteiger partial charge in [0.25, 0.3) is 5.91 Å². The summed E-state index contributed by atoms with van der Waals surface area (Å²) in [7, 11) is 1.65. The molecule has 106 valence electrons. The van der Waals surface area contributed by atoms with Crippen molar-refractivity contribution in [2.75, 3.05) is 19.5 Å². The van der Waals surface area contributed by atoms with Crippen LogP contribution in [0.2, 0.25) is 0 Å². The Hall–Kier alpha value is -1.49. The zero-order valence-electron chi connectivity index (χ0n) is 11.8. The molecule has 1 aromatic heterocycles. The molecule has 1 aliphatic carbocycles. The third-order valence-electron chi connectivity index (χ3n) is 3.51. The Morgan fingerprint density at radius 3 is 2.79 bits per heavy atom. The number of hydrogen-bond donors (Lipinski definition) is 2. The second-order valence-corrected chi connectivity index (χ2v) is 5.58. The molecule has 1 unspecified atom stereocenters. The van der Waals surface area contributed by atoms with Gasteiger partial charge < -0.3 is 20.4 Å². The minimum atomic E-state index is -0.0700. The highest BCUT2D eigenvalue weighted by atomic mass is 16.5. The van der Waals surface area contributed by atoms with Gasteiger partial charge in [-0.1, -0.05) is 13.8 Å². The summed E-state index contributed by atoms with van der Waals surface area (Å²) < 4.78 is 7.15. The lowest BCUT2D eigenvalue weighted by Gasteiger charge is -2.21. The number of nitrogens with one attached hydrogen (secondary N) is 1. The van der Waals surface area contributed by atoms with Gasteiger partial charge in [-0.05, 0) is 24.8 Å². The van der Waals surface area contributed by atoms with E-state index >= 15 is 0 Å². The minimum Gasteiger partial charge on any atom is -0.397 e. The van der Waals surface area contributed by atoms with Crippen LogP contribution in [0.3, 0.4) is 0 Å². The van der Waals surface area contributed by atoms with Crippen molar-refractivity contribution in [2.24, 2.45) is 5.92 Å². The Kier molecular flexibility index (Phi) is 4.14. The van der Waals surface area contributed by atoms with Crippen LogP contribution in [0.5, 0.6) is 0 Å². The van der Waals surface area contributed by atoms with E-state index in [9.17, 15) is 4.79 Å². The number of nitrogens with zero attached hydrogens (tertiary/aromatic N) is 1. The van der Waals surface area contributed by atoms with Gasteiger partial charge in [-0.25, -0.2) is 0 Å². The summed E-state index contributed by atoms with van der Waals surface area (Å²) in [6.07, 6.45) is 4.10. The molecule has 1 fully saturated rings. The molecule has 0 aromatic carbocycles. The van der Waals surface area contributed by atoms with E-state index in [1.807, 2.05) is 10.8 Å². The van der Waals surface area contributed by atoms with Crippen molar-refractivity contribution < 1.29 is 9.53 Å². The molecule has 1 atom stereocenters. The number of methoxy groups -OCH3 is 1. The van der Waals surface area contributed by atoms with Crippen molar-refractivity contribution in [3.63, 3.8) is 0 Å². The van der Waals surface area contributed by atoms with Gasteiger partial charge in [0.15, 0.2) is 0 Å². The molecule has 3 N–H and O–H groups in total. The number of anilines is 1. The van der Waals surface area contributed by atoms with Gasteiger partial charge in [0.2, 0.25) is 0 Å². The van der Waals surface area contributed by atoms with Gasteiger partial charge >= 0.3 is 0 Å². The first-order valence-corrected chi connectivity index (χ1v) is 6.80. The Labute approximate surface area is 114 Å². The highest BCUT2D eigenvalue weighted by Gasteiger charge is 2.28. The normalized spacial score (nSPS) is 16.6. The maximum atomic E-state index is 12.4. The van der Waals surface area contributed by atoms with Gasteiger partial charge in [0, 0.05) is 19.3 Å². The number of rotatable bonds is 6. The fourth-order valence-electron chi connectivity index (χ4n) is 2.16. The van der Waals surface area contributed by atoms with E-state index in [2.05, 4.69) is 19.2 Å². The van der Waals surface area contributed by atoms with Crippen LogP contribution in [0.15, 0.2) is 12.3 Å². The lowest BCUT2D eigenvalue weighted by atomic mass is 10.1.